The molecule has 0 unspecified atom stereocenters. The van der Waals surface area contributed by atoms with E-state index < -0.39 is 11.8 Å². The lowest BCUT2D eigenvalue weighted by atomic mass is 9.99. The van der Waals surface area contributed by atoms with Gasteiger partial charge in [-0.15, -0.1) is 0 Å². The van der Waals surface area contributed by atoms with Crippen molar-refractivity contribution in [3.05, 3.63) is 36.5 Å². The van der Waals surface area contributed by atoms with Gasteiger partial charge >= 0.3 is 6.16 Å². The predicted octanol–water partition coefficient (Wildman–Crippen LogP) is 6.21. The van der Waals surface area contributed by atoms with E-state index >= 15 is 0 Å². The van der Waals surface area contributed by atoms with Crippen molar-refractivity contribution < 1.29 is 14.3 Å². The second kappa shape index (κ2) is 11.1. The first kappa shape index (κ1) is 21.5. The van der Waals surface area contributed by atoms with E-state index in [2.05, 4.69) is 37.3 Å². The molecule has 23 heavy (non-hydrogen) atoms. The van der Waals surface area contributed by atoms with E-state index in [4.69, 9.17) is 9.47 Å². The first-order chi connectivity index (χ1) is 10.7. The standard InChI is InChI=1S/C20H34O3/c1-7-8-9-10-11-12-13-14-15-16-20(5,6)23-18(21)22-17-19(2,3)4/h8-9,11-12,14-15H,7,10,13,16-17H2,1-6H3/b9-8-,12-11-,15-14-. The minimum atomic E-state index is -0.596. The molecule has 0 aromatic rings. The number of hydrogen-bond donors (Lipinski definition) is 0. The minimum Gasteiger partial charge on any atom is -0.434 e. The van der Waals surface area contributed by atoms with Crippen molar-refractivity contribution in [3.8, 4) is 0 Å². The van der Waals surface area contributed by atoms with E-state index in [1.807, 2.05) is 40.7 Å². The third kappa shape index (κ3) is 15.2. The molecule has 0 amide bonds. The van der Waals surface area contributed by atoms with Gasteiger partial charge in [-0.3, -0.25) is 0 Å². The van der Waals surface area contributed by atoms with Crippen LogP contribution < -0.4 is 0 Å². The fraction of sp³-hybridized carbons (Fsp3) is 0.650. The highest BCUT2D eigenvalue weighted by atomic mass is 16.7. The number of rotatable bonds is 9. The predicted molar refractivity (Wildman–Crippen MR) is 97.5 cm³/mol. The van der Waals surface area contributed by atoms with Crippen LogP contribution in [0.1, 0.15) is 67.2 Å². The second-order valence-electron chi connectivity index (χ2n) is 7.46. The first-order valence-electron chi connectivity index (χ1n) is 8.47. The molecule has 3 heteroatoms. The third-order valence-corrected chi connectivity index (χ3v) is 2.87. The first-order valence-corrected chi connectivity index (χ1v) is 8.47. The average molecular weight is 322 g/mol. The molecule has 0 aromatic heterocycles. The molecular weight excluding hydrogens is 288 g/mol. The van der Waals surface area contributed by atoms with E-state index in [1.54, 1.807) is 0 Å². The monoisotopic (exact) mass is 322 g/mol. The molecule has 0 spiro atoms. The van der Waals surface area contributed by atoms with Crippen LogP contribution in [0.3, 0.4) is 0 Å². The summed E-state index contributed by atoms with van der Waals surface area (Å²) in [6, 6.07) is 0. The van der Waals surface area contributed by atoms with Gasteiger partial charge in [0.15, 0.2) is 0 Å². The quantitative estimate of drug-likeness (QED) is 0.374. The van der Waals surface area contributed by atoms with Crippen LogP contribution in [-0.4, -0.2) is 18.4 Å². The Hall–Kier alpha value is -1.51. The van der Waals surface area contributed by atoms with Crippen molar-refractivity contribution in [1.82, 2.24) is 0 Å². The van der Waals surface area contributed by atoms with Crippen LogP contribution in [0, 0.1) is 5.41 Å². The summed E-state index contributed by atoms with van der Waals surface area (Å²) in [6.07, 6.45) is 15.8. The molecule has 0 fully saturated rings. The number of carbonyl (C=O) groups excluding carboxylic acids is 1. The molecule has 0 N–H and O–H groups in total. The zero-order valence-electron chi connectivity index (χ0n) is 15.7. The van der Waals surface area contributed by atoms with Crippen LogP contribution >= 0.6 is 0 Å². The Balaban J connectivity index is 4.00. The van der Waals surface area contributed by atoms with Crippen molar-refractivity contribution in [2.24, 2.45) is 5.41 Å². The topological polar surface area (TPSA) is 35.5 Å². The van der Waals surface area contributed by atoms with Crippen molar-refractivity contribution >= 4 is 6.16 Å². The van der Waals surface area contributed by atoms with Gasteiger partial charge in [-0.25, -0.2) is 4.79 Å². The molecule has 132 valence electrons. The Morgan fingerprint density at radius 1 is 0.870 bits per heavy atom. The van der Waals surface area contributed by atoms with E-state index in [0.29, 0.717) is 13.0 Å². The van der Waals surface area contributed by atoms with E-state index in [1.165, 1.54) is 0 Å². The molecule has 0 aliphatic carbocycles. The Morgan fingerprint density at radius 2 is 1.39 bits per heavy atom. The van der Waals surface area contributed by atoms with Gasteiger partial charge in [-0.1, -0.05) is 64.2 Å². The van der Waals surface area contributed by atoms with Gasteiger partial charge in [0.25, 0.3) is 0 Å². The van der Waals surface area contributed by atoms with E-state index in [9.17, 15) is 4.79 Å². The summed E-state index contributed by atoms with van der Waals surface area (Å²) in [6.45, 7) is 12.3. The summed E-state index contributed by atoms with van der Waals surface area (Å²) in [5, 5.41) is 0. The lowest BCUT2D eigenvalue weighted by Gasteiger charge is -2.24. The number of carbonyl (C=O) groups is 1. The van der Waals surface area contributed by atoms with Gasteiger partial charge < -0.3 is 9.47 Å². The van der Waals surface area contributed by atoms with Gasteiger partial charge in [0.2, 0.25) is 0 Å². The van der Waals surface area contributed by atoms with Gasteiger partial charge in [0.1, 0.15) is 5.60 Å². The van der Waals surface area contributed by atoms with Gasteiger partial charge in [0.05, 0.1) is 6.61 Å². The molecule has 0 heterocycles. The van der Waals surface area contributed by atoms with Crippen LogP contribution in [0.4, 0.5) is 4.79 Å². The maximum Gasteiger partial charge on any atom is 0.508 e. The normalized spacial score (nSPS) is 13.3. The van der Waals surface area contributed by atoms with Crippen LogP contribution in [0.2, 0.25) is 0 Å². The molecule has 0 aliphatic heterocycles. The fourth-order valence-electron chi connectivity index (χ4n) is 1.65. The largest absolute Gasteiger partial charge is 0.508 e. The summed E-state index contributed by atoms with van der Waals surface area (Å²) in [4.78, 5) is 11.7. The molecular formula is C20H34O3. The average Bonchev–Trinajstić information content (AvgIpc) is 2.42. The molecule has 0 saturated heterocycles. The van der Waals surface area contributed by atoms with Gasteiger partial charge in [-0.05, 0) is 38.5 Å². The third-order valence-electron chi connectivity index (χ3n) is 2.87. The molecule has 0 aromatic carbocycles. The SMILES string of the molecule is CC/C=C\C/C=C\C/C=C\CC(C)(C)OC(=O)OCC(C)(C)C. The van der Waals surface area contributed by atoms with Crippen LogP contribution in [0.15, 0.2) is 36.5 Å². The molecule has 0 atom stereocenters. The fourth-order valence-corrected chi connectivity index (χ4v) is 1.65. The van der Waals surface area contributed by atoms with Gasteiger partial charge in [-0.2, -0.15) is 0 Å². The molecule has 0 rings (SSSR count). The highest BCUT2D eigenvalue weighted by Crippen LogP contribution is 2.18. The maximum absolute atomic E-state index is 11.7. The molecule has 0 radical (unpaired) electrons. The Bertz CT molecular complexity index is 409. The summed E-state index contributed by atoms with van der Waals surface area (Å²) in [5.74, 6) is 0. The lowest BCUT2D eigenvalue weighted by molar-refractivity contribution is -0.0258. The summed E-state index contributed by atoms with van der Waals surface area (Å²) in [5.41, 5.74) is -0.610. The minimum absolute atomic E-state index is 0.0539. The maximum atomic E-state index is 11.7. The number of ether oxygens (including phenoxy) is 2. The number of hydrogen-bond acceptors (Lipinski definition) is 3. The Kier molecular flexibility index (Phi) is 10.4. The van der Waals surface area contributed by atoms with Crippen molar-refractivity contribution in [3.63, 3.8) is 0 Å². The second-order valence-corrected chi connectivity index (χ2v) is 7.46. The molecule has 0 aliphatic rings. The summed E-state index contributed by atoms with van der Waals surface area (Å²) >= 11 is 0. The lowest BCUT2D eigenvalue weighted by Crippen LogP contribution is -2.29. The summed E-state index contributed by atoms with van der Waals surface area (Å²) < 4.78 is 10.5. The molecule has 0 bridgehead atoms. The Morgan fingerprint density at radius 3 is 1.91 bits per heavy atom. The van der Waals surface area contributed by atoms with Crippen molar-refractivity contribution in [2.75, 3.05) is 6.61 Å². The van der Waals surface area contributed by atoms with Gasteiger partial charge in [0, 0.05) is 6.42 Å². The smallest absolute Gasteiger partial charge is 0.434 e. The van der Waals surface area contributed by atoms with Crippen molar-refractivity contribution in [1.29, 1.82) is 0 Å². The van der Waals surface area contributed by atoms with E-state index in [-0.39, 0.29) is 5.41 Å². The molecule has 0 saturated carbocycles. The highest BCUT2D eigenvalue weighted by molar-refractivity contribution is 5.60. The molecule has 3 nitrogen and oxygen atoms in total. The van der Waals surface area contributed by atoms with Crippen LogP contribution in [0.5, 0.6) is 0 Å². The van der Waals surface area contributed by atoms with Crippen molar-refractivity contribution in [2.45, 2.75) is 72.8 Å². The van der Waals surface area contributed by atoms with E-state index in [0.717, 1.165) is 19.3 Å². The zero-order chi connectivity index (χ0) is 17.8. The zero-order valence-corrected chi connectivity index (χ0v) is 15.7. The highest BCUT2D eigenvalue weighted by Gasteiger charge is 2.23. The number of allylic oxidation sites excluding steroid dienone is 5. The Labute approximate surface area is 142 Å². The summed E-state index contributed by atoms with van der Waals surface area (Å²) in [7, 11) is 0. The van der Waals surface area contributed by atoms with Crippen LogP contribution in [-0.2, 0) is 9.47 Å². The van der Waals surface area contributed by atoms with Crippen LogP contribution in [0.25, 0.3) is 0 Å².